The highest BCUT2D eigenvalue weighted by atomic mass is 35.5. The Bertz CT molecular complexity index is 828. The molecule has 0 atom stereocenters. The molecule has 0 aliphatic rings. The van der Waals surface area contributed by atoms with Gasteiger partial charge in [0.15, 0.2) is 6.61 Å². The van der Waals surface area contributed by atoms with E-state index in [0.29, 0.717) is 10.7 Å². The number of carbonyl (C=O) groups excluding carboxylic acids is 2. The molecular weight excluding hydrogens is 352 g/mol. The number of hydrogen-bond acceptors (Lipinski definition) is 4. The molecule has 0 saturated heterocycles. The Morgan fingerprint density at radius 2 is 1.92 bits per heavy atom. The molecule has 132 valence electrons. The van der Waals surface area contributed by atoms with Gasteiger partial charge in [-0.25, -0.2) is 4.79 Å². The summed E-state index contributed by atoms with van der Waals surface area (Å²) in [6.45, 7) is -0.172. The minimum absolute atomic E-state index is 0.184. The van der Waals surface area contributed by atoms with E-state index >= 15 is 0 Å². The zero-order valence-electron chi connectivity index (χ0n) is 14.0. The van der Waals surface area contributed by atoms with Crippen molar-refractivity contribution in [3.05, 3.63) is 71.3 Å². The van der Waals surface area contributed by atoms with Crippen molar-refractivity contribution in [2.45, 2.75) is 6.42 Å². The molecule has 0 saturated carbocycles. The first-order chi connectivity index (χ1) is 12.6. The topological polar surface area (TPSA) is 70.4 Å². The summed E-state index contributed by atoms with van der Waals surface area (Å²) in [5, 5.41) is 9.33. The molecule has 0 radical (unpaired) electrons. The molecule has 1 amide bonds. The lowest BCUT2D eigenvalue weighted by atomic mass is 10.2. The summed E-state index contributed by atoms with van der Waals surface area (Å²) < 4.78 is 5.01. The van der Waals surface area contributed by atoms with E-state index in [4.69, 9.17) is 21.6 Å². The lowest BCUT2D eigenvalue weighted by Gasteiger charge is -2.21. The number of ether oxygens (including phenoxy) is 1. The lowest BCUT2D eigenvalue weighted by molar-refractivity contribution is -0.142. The summed E-state index contributed by atoms with van der Waals surface area (Å²) >= 11 is 5.87. The summed E-state index contributed by atoms with van der Waals surface area (Å²) in [5.74, 6) is -1.03. The van der Waals surface area contributed by atoms with Crippen LogP contribution in [-0.2, 0) is 14.3 Å². The Kier molecular flexibility index (Phi) is 7.41. The highest BCUT2D eigenvalue weighted by molar-refractivity contribution is 6.30. The van der Waals surface area contributed by atoms with Crippen LogP contribution in [-0.4, -0.2) is 25.0 Å². The van der Waals surface area contributed by atoms with Gasteiger partial charge in [-0.1, -0.05) is 41.9 Å². The largest absolute Gasteiger partial charge is 0.452 e. The quantitative estimate of drug-likeness (QED) is 0.550. The second kappa shape index (κ2) is 10.0. The molecule has 0 bridgehead atoms. The lowest BCUT2D eigenvalue weighted by Crippen LogP contribution is -2.35. The van der Waals surface area contributed by atoms with Crippen LogP contribution in [0.2, 0.25) is 5.02 Å². The molecule has 0 aliphatic heterocycles. The van der Waals surface area contributed by atoms with Gasteiger partial charge in [0.1, 0.15) is 0 Å². The summed E-state index contributed by atoms with van der Waals surface area (Å²) in [6, 6.07) is 17.9. The SMILES string of the molecule is N#CCCN(C(=O)COC(=O)/C=C/c1cccc(Cl)c1)c1ccccc1. The first kappa shape index (κ1) is 19.2. The summed E-state index contributed by atoms with van der Waals surface area (Å²) in [5.41, 5.74) is 1.40. The smallest absolute Gasteiger partial charge is 0.331 e. The summed E-state index contributed by atoms with van der Waals surface area (Å²) in [4.78, 5) is 25.6. The number of carbonyl (C=O) groups is 2. The van der Waals surface area contributed by atoms with Crippen LogP contribution in [0.4, 0.5) is 5.69 Å². The van der Waals surface area contributed by atoms with Crippen molar-refractivity contribution >= 4 is 35.2 Å². The summed E-state index contributed by atoms with van der Waals surface area (Å²) in [7, 11) is 0. The Hall–Kier alpha value is -3.10. The van der Waals surface area contributed by atoms with Gasteiger partial charge >= 0.3 is 5.97 Å². The third-order valence-corrected chi connectivity index (χ3v) is 3.65. The van der Waals surface area contributed by atoms with E-state index in [-0.39, 0.29) is 13.0 Å². The van der Waals surface area contributed by atoms with Gasteiger partial charge in [0, 0.05) is 23.3 Å². The fourth-order valence-corrected chi connectivity index (χ4v) is 2.40. The van der Waals surface area contributed by atoms with Crippen LogP contribution in [0.25, 0.3) is 6.08 Å². The number of hydrogen-bond donors (Lipinski definition) is 0. The summed E-state index contributed by atoms with van der Waals surface area (Å²) in [6.07, 6.45) is 2.98. The number of nitrogens with zero attached hydrogens (tertiary/aromatic N) is 2. The molecule has 0 aliphatic carbocycles. The Morgan fingerprint density at radius 1 is 1.15 bits per heavy atom. The third-order valence-electron chi connectivity index (χ3n) is 3.41. The van der Waals surface area contributed by atoms with Crippen molar-refractivity contribution in [2.75, 3.05) is 18.1 Å². The fourth-order valence-electron chi connectivity index (χ4n) is 2.20. The zero-order valence-corrected chi connectivity index (χ0v) is 14.7. The molecule has 2 aromatic rings. The monoisotopic (exact) mass is 368 g/mol. The van der Waals surface area contributed by atoms with Crippen LogP contribution in [0.3, 0.4) is 0 Å². The molecule has 6 heteroatoms. The number of anilines is 1. The van der Waals surface area contributed by atoms with E-state index < -0.39 is 18.5 Å². The fraction of sp³-hybridized carbons (Fsp3) is 0.150. The highest BCUT2D eigenvalue weighted by Crippen LogP contribution is 2.14. The third kappa shape index (κ3) is 6.08. The van der Waals surface area contributed by atoms with Crippen LogP contribution in [0.5, 0.6) is 0 Å². The van der Waals surface area contributed by atoms with Crippen molar-refractivity contribution in [3.8, 4) is 6.07 Å². The van der Waals surface area contributed by atoms with E-state index in [1.165, 1.54) is 11.0 Å². The van der Waals surface area contributed by atoms with Crippen molar-refractivity contribution in [2.24, 2.45) is 0 Å². The van der Waals surface area contributed by atoms with Gasteiger partial charge in [0.05, 0.1) is 12.5 Å². The Balaban J connectivity index is 1.94. The molecule has 5 nitrogen and oxygen atoms in total. The number of halogens is 1. The van der Waals surface area contributed by atoms with E-state index in [1.54, 1.807) is 54.6 Å². The zero-order chi connectivity index (χ0) is 18.8. The Morgan fingerprint density at radius 3 is 2.62 bits per heavy atom. The van der Waals surface area contributed by atoms with Gasteiger partial charge in [-0.15, -0.1) is 0 Å². The maximum atomic E-state index is 12.4. The average molecular weight is 369 g/mol. The molecule has 0 unspecified atom stereocenters. The molecule has 2 rings (SSSR count). The molecule has 2 aromatic carbocycles. The van der Waals surface area contributed by atoms with Crippen LogP contribution >= 0.6 is 11.6 Å². The number of nitriles is 1. The standard InChI is InChI=1S/C20H17ClN2O3/c21-17-7-4-6-16(14-17)10-11-20(25)26-15-19(24)23(13-5-12-22)18-8-2-1-3-9-18/h1-4,6-11,14H,5,13,15H2/b11-10+. The van der Waals surface area contributed by atoms with Gasteiger partial charge in [0.2, 0.25) is 0 Å². The van der Waals surface area contributed by atoms with Crippen LogP contribution in [0.1, 0.15) is 12.0 Å². The molecular formula is C20H17ClN2O3. The second-order valence-electron chi connectivity index (χ2n) is 5.29. The number of benzene rings is 2. The molecule has 0 spiro atoms. The van der Waals surface area contributed by atoms with Crippen LogP contribution in [0, 0.1) is 11.3 Å². The normalized spacial score (nSPS) is 10.3. The van der Waals surface area contributed by atoms with Crippen LogP contribution < -0.4 is 4.90 Å². The van der Waals surface area contributed by atoms with Crippen molar-refractivity contribution in [1.82, 2.24) is 0 Å². The van der Waals surface area contributed by atoms with E-state index in [9.17, 15) is 9.59 Å². The van der Waals surface area contributed by atoms with Gasteiger partial charge in [-0.05, 0) is 35.9 Å². The van der Waals surface area contributed by atoms with Crippen molar-refractivity contribution in [1.29, 1.82) is 5.26 Å². The van der Waals surface area contributed by atoms with E-state index in [0.717, 1.165) is 5.56 Å². The number of rotatable bonds is 7. The second-order valence-corrected chi connectivity index (χ2v) is 5.72. The molecule has 0 aromatic heterocycles. The number of esters is 1. The van der Waals surface area contributed by atoms with E-state index in [2.05, 4.69) is 0 Å². The predicted octanol–water partition coefficient (Wildman–Crippen LogP) is 3.84. The minimum Gasteiger partial charge on any atom is -0.452 e. The van der Waals surface area contributed by atoms with Crippen LogP contribution in [0.15, 0.2) is 60.7 Å². The number of amides is 1. The van der Waals surface area contributed by atoms with Gasteiger partial charge in [-0.3, -0.25) is 4.79 Å². The predicted molar refractivity (Wildman–Crippen MR) is 100 cm³/mol. The maximum Gasteiger partial charge on any atom is 0.331 e. The van der Waals surface area contributed by atoms with E-state index in [1.807, 2.05) is 12.1 Å². The molecule has 0 fully saturated rings. The minimum atomic E-state index is -0.633. The Labute approximate surface area is 157 Å². The maximum absolute atomic E-state index is 12.4. The highest BCUT2D eigenvalue weighted by Gasteiger charge is 2.16. The van der Waals surface area contributed by atoms with Gasteiger partial charge < -0.3 is 9.64 Å². The molecule has 0 N–H and O–H groups in total. The first-order valence-electron chi connectivity index (χ1n) is 7.93. The first-order valence-corrected chi connectivity index (χ1v) is 8.30. The molecule has 26 heavy (non-hydrogen) atoms. The molecule has 0 heterocycles. The van der Waals surface area contributed by atoms with Gasteiger partial charge in [0.25, 0.3) is 5.91 Å². The van der Waals surface area contributed by atoms with Gasteiger partial charge in [-0.2, -0.15) is 5.26 Å². The van der Waals surface area contributed by atoms with Crippen molar-refractivity contribution < 1.29 is 14.3 Å². The number of para-hydroxylation sites is 1. The average Bonchev–Trinajstić information content (AvgIpc) is 2.66. The van der Waals surface area contributed by atoms with Crippen molar-refractivity contribution in [3.63, 3.8) is 0 Å².